The lowest BCUT2D eigenvalue weighted by Gasteiger charge is -2.17. The third-order valence-electron chi connectivity index (χ3n) is 4.36. The summed E-state index contributed by atoms with van der Waals surface area (Å²) in [6.07, 6.45) is -2.72. The van der Waals surface area contributed by atoms with E-state index in [1.165, 1.54) is 5.56 Å². The van der Waals surface area contributed by atoms with E-state index in [0.29, 0.717) is 6.54 Å². The van der Waals surface area contributed by atoms with Crippen LogP contribution in [0, 0.1) is 0 Å². The van der Waals surface area contributed by atoms with Crippen LogP contribution < -0.4 is 0 Å². The number of hydrogen-bond acceptors (Lipinski definition) is 4. The number of pyridine rings is 1. The Hall–Kier alpha value is -2.26. The molecule has 0 N–H and O–H groups in total. The first-order chi connectivity index (χ1) is 13.7. The van der Waals surface area contributed by atoms with Gasteiger partial charge in [0.15, 0.2) is 10.8 Å². The first-order valence-corrected chi connectivity index (χ1v) is 10.1. The SMILES string of the molecule is CCc1ccc(CN(C)C(=O)CSc2nnc3c(Cl)cc(C(F)(F)F)cn23)cc1. The number of hydrogen-bond donors (Lipinski definition) is 0. The monoisotopic (exact) mass is 442 g/mol. The molecule has 0 aliphatic rings. The highest BCUT2D eigenvalue weighted by atomic mass is 35.5. The second kappa shape index (κ2) is 8.62. The van der Waals surface area contributed by atoms with Gasteiger partial charge in [-0.1, -0.05) is 54.6 Å². The van der Waals surface area contributed by atoms with Crippen molar-refractivity contribution in [1.29, 1.82) is 0 Å². The minimum Gasteiger partial charge on any atom is -0.341 e. The van der Waals surface area contributed by atoms with Gasteiger partial charge in [-0.15, -0.1) is 10.2 Å². The molecule has 1 aromatic carbocycles. The molecular weight excluding hydrogens is 425 g/mol. The lowest BCUT2D eigenvalue weighted by Crippen LogP contribution is -2.27. The molecule has 0 atom stereocenters. The van der Waals surface area contributed by atoms with Crippen molar-refractivity contribution < 1.29 is 18.0 Å². The van der Waals surface area contributed by atoms with Crippen LogP contribution in [-0.4, -0.2) is 38.2 Å². The summed E-state index contributed by atoms with van der Waals surface area (Å²) in [6.45, 7) is 2.51. The molecule has 2 aromatic heterocycles. The maximum atomic E-state index is 13.0. The molecule has 0 radical (unpaired) electrons. The molecule has 0 aliphatic heterocycles. The van der Waals surface area contributed by atoms with Crippen molar-refractivity contribution in [2.75, 3.05) is 12.8 Å². The molecule has 154 valence electrons. The van der Waals surface area contributed by atoms with E-state index in [2.05, 4.69) is 17.1 Å². The van der Waals surface area contributed by atoms with Crippen LogP contribution in [-0.2, 0) is 23.9 Å². The summed E-state index contributed by atoms with van der Waals surface area (Å²) in [5.41, 5.74) is 1.42. The number of thioether (sulfide) groups is 1. The Balaban J connectivity index is 1.69. The van der Waals surface area contributed by atoms with Crippen molar-refractivity contribution in [3.05, 3.63) is 58.2 Å². The number of carbonyl (C=O) groups is 1. The lowest BCUT2D eigenvalue weighted by molar-refractivity contribution is -0.138. The zero-order valence-electron chi connectivity index (χ0n) is 15.7. The van der Waals surface area contributed by atoms with Gasteiger partial charge in [0.2, 0.25) is 5.91 Å². The minimum absolute atomic E-state index is 0.0121. The summed E-state index contributed by atoms with van der Waals surface area (Å²) in [4.78, 5) is 14.0. The predicted molar refractivity (Wildman–Crippen MR) is 106 cm³/mol. The lowest BCUT2D eigenvalue weighted by atomic mass is 10.1. The molecule has 0 spiro atoms. The van der Waals surface area contributed by atoms with Gasteiger partial charge in [-0.3, -0.25) is 9.20 Å². The summed E-state index contributed by atoms with van der Waals surface area (Å²) in [7, 11) is 1.68. The first-order valence-electron chi connectivity index (χ1n) is 8.75. The second-order valence-electron chi connectivity index (χ2n) is 6.46. The highest BCUT2D eigenvalue weighted by Crippen LogP contribution is 2.33. The maximum Gasteiger partial charge on any atom is 0.417 e. The van der Waals surface area contributed by atoms with Crippen molar-refractivity contribution in [2.24, 2.45) is 0 Å². The van der Waals surface area contributed by atoms with Crippen LogP contribution in [0.15, 0.2) is 41.7 Å². The first kappa shape index (κ1) is 21.4. The molecule has 3 aromatic rings. The topological polar surface area (TPSA) is 50.5 Å². The number of aryl methyl sites for hydroxylation is 1. The van der Waals surface area contributed by atoms with E-state index < -0.39 is 11.7 Å². The van der Waals surface area contributed by atoms with Crippen LogP contribution in [0.5, 0.6) is 0 Å². The van der Waals surface area contributed by atoms with Gasteiger partial charge >= 0.3 is 6.18 Å². The summed E-state index contributed by atoms with van der Waals surface area (Å²) in [6, 6.07) is 8.80. The standard InChI is InChI=1S/C19H18ClF3N4OS/c1-3-12-4-6-13(7-5-12)9-26(2)16(28)11-29-18-25-24-17-15(20)8-14(10-27(17)18)19(21,22)23/h4-8,10H,3,9,11H2,1-2H3. The molecule has 10 heteroatoms. The molecule has 0 saturated carbocycles. The predicted octanol–water partition coefficient (Wildman–Crippen LogP) is 4.71. The van der Waals surface area contributed by atoms with Crippen molar-refractivity contribution in [3.8, 4) is 0 Å². The van der Waals surface area contributed by atoms with E-state index in [9.17, 15) is 18.0 Å². The van der Waals surface area contributed by atoms with Crippen LogP contribution >= 0.6 is 23.4 Å². The minimum atomic E-state index is -4.55. The smallest absolute Gasteiger partial charge is 0.341 e. The Bertz CT molecular complexity index is 1020. The van der Waals surface area contributed by atoms with Crippen molar-refractivity contribution in [1.82, 2.24) is 19.5 Å². The van der Waals surface area contributed by atoms with Gasteiger partial charge in [0.25, 0.3) is 0 Å². The number of halogens is 4. The zero-order chi connectivity index (χ0) is 21.2. The average molecular weight is 443 g/mol. The van der Waals surface area contributed by atoms with Crippen molar-refractivity contribution in [2.45, 2.75) is 31.2 Å². The number of carbonyl (C=O) groups excluding carboxylic acids is 1. The van der Waals surface area contributed by atoms with Gasteiger partial charge in [-0.2, -0.15) is 13.2 Å². The van der Waals surface area contributed by atoms with E-state index in [-0.39, 0.29) is 27.5 Å². The van der Waals surface area contributed by atoms with Gasteiger partial charge < -0.3 is 4.90 Å². The van der Waals surface area contributed by atoms with E-state index in [1.54, 1.807) is 11.9 Å². The van der Waals surface area contributed by atoms with E-state index in [4.69, 9.17) is 11.6 Å². The quantitative estimate of drug-likeness (QED) is 0.518. The summed E-state index contributed by atoms with van der Waals surface area (Å²) >= 11 is 6.91. The third kappa shape index (κ3) is 5.02. The number of rotatable bonds is 6. The van der Waals surface area contributed by atoms with Gasteiger partial charge in [0.1, 0.15) is 0 Å². The molecule has 5 nitrogen and oxygen atoms in total. The molecule has 3 rings (SSSR count). The number of amides is 1. The van der Waals surface area contributed by atoms with Gasteiger partial charge in [-0.05, 0) is 23.6 Å². The molecule has 0 fully saturated rings. The Morgan fingerprint density at radius 2 is 1.86 bits per heavy atom. The molecule has 1 amide bonds. The molecular formula is C19H18ClF3N4OS. The number of benzene rings is 1. The highest BCUT2D eigenvalue weighted by Gasteiger charge is 2.32. The van der Waals surface area contributed by atoms with Crippen molar-refractivity contribution in [3.63, 3.8) is 0 Å². The van der Waals surface area contributed by atoms with Crippen LogP contribution in [0.4, 0.5) is 13.2 Å². The van der Waals surface area contributed by atoms with Gasteiger partial charge in [0, 0.05) is 19.8 Å². The average Bonchev–Trinajstić information content (AvgIpc) is 3.09. The van der Waals surface area contributed by atoms with E-state index in [1.807, 2.05) is 24.3 Å². The maximum absolute atomic E-state index is 13.0. The number of aromatic nitrogens is 3. The van der Waals surface area contributed by atoms with E-state index in [0.717, 1.165) is 40.4 Å². The summed E-state index contributed by atoms with van der Waals surface area (Å²) in [5.74, 6) is -0.164. The Labute approximate surface area is 174 Å². The molecule has 2 heterocycles. The fraction of sp³-hybridized carbons (Fsp3) is 0.316. The van der Waals surface area contributed by atoms with Gasteiger partial charge in [-0.25, -0.2) is 0 Å². The largest absolute Gasteiger partial charge is 0.417 e. The molecule has 0 aliphatic carbocycles. The van der Waals surface area contributed by atoms with Gasteiger partial charge in [0.05, 0.1) is 16.3 Å². The number of alkyl halides is 3. The zero-order valence-corrected chi connectivity index (χ0v) is 17.3. The molecule has 0 bridgehead atoms. The normalized spacial score (nSPS) is 11.8. The summed E-state index contributed by atoms with van der Waals surface area (Å²) in [5, 5.41) is 7.70. The molecule has 0 saturated heterocycles. The Morgan fingerprint density at radius 1 is 1.21 bits per heavy atom. The van der Waals surface area contributed by atoms with E-state index >= 15 is 0 Å². The Kier molecular flexibility index (Phi) is 6.38. The fourth-order valence-electron chi connectivity index (χ4n) is 2.67. The third-order valence-corrected chi connectivity index (χ3v) is 5.56. The fourth-order valence-corrected chi connectivity index (χ4v) is 3.76. The Morgan fingerprint density at radius 3 is 2.48 bits per heavy atom. The molecule has 29 heavy (non-hydrogen) atoms. The second-order valence-corrected chi connectivity index (χ2v) is 7.81. The summed E-state index contributed by atoms with van der Waals surface area (Å²) < 4.78 is 40.2. The van der Waals surface area contributed by atoms with Crippen LogP contribution in [0.1, 0.15) is 23.6 Å². The van der Waals surface area contributed by atoms with Crippen LogP contribution in [0.25, 0.3) is 5.65 Å². The number of nitrogens with zero attached hydrogens (tertiary/aromatic N) is 4. The van der Waals surface area contributed by atoms with Crippen molar-refractivity contribution >= 4 is 34.9 Å². The van der Waals surface area contributed by atoms with Crippen LogP contribution in [0.3, 0.4) is 0 Å². The number of fused-ring (bicyclic) bond motifs is 1. The highest BCUT2D eigenvalue weighted by molar-refractivity contribution is 7.99. The molecule has 0 unspecified atom stereocenters. The van der Waals surface area contributed by atoms with Crippen LogP contribution in [0.2, 0.25) is 5.02 Å².